The quantitative estimate of drug-likeness (QED) is 0.506. The fraction of sp³-hybridized carbons (Fsp3) is 0.613. The second-order valence-electron chi connectivity index (χ2n) is 11.8. The summed E-state index contributed by atoms with van der Waals surface area (Å²) >= 11 is 6.26. The van der Waals surface area contributed by atoms with Crippen LogP contribution in [0.25, 0.3) is 0 Å². The Labute approximate surface area is 249 Å². The van der Waals surface area contributed by atoms with Crippen LogP contribution < -0.4 is 4.74 Å². The van der Waals surface area contributed by atoms with E-state index < -0.39 is 6.04 Å². The van der Waals surface area contributed by atoms with Crippen molar-refractivity contribution >= 4 is 29.3 Å². The van der Waals surface area contributed by atoms with Gasteiger partial charge in [-0.3, -0.25) is 19.1 Å². The van der Waals surface area contributed by atoms with E-state index in [1.54, 1.807) is 41.9 Å². The van der Waals surface area contributed by atoms with E-state index in [1.807, 2.05) is 31.9 Å². The number of halogens is 1. The van der Waals surface area contributed by atoms with Crippen molar-refractivity contribution in [3.63, 3.8) is 0 Å². The molecule has 0 N–H and O–H groups in total. The average molecular weight is 588 g/mol. The number of aromatic nitrogens is 2. The highest BCUT2D eigenvalue weighted by atomic mass is 35.5. The minimum atomic E-state index is -0.641. The SMILES string of the molecule is CC(C)Cc1cc(C(=O)N2CCCCOc3ccc(Cl)cc3C(=O)N(C)[C@@H](C(C)C)C(=O)N(C)CCCC2)n(C)n1. The molecular formula is C31H46ClN5O4. The first-order valence-electron chi connectivity index (χ1n) is 14.7. The summed E-state index contributed by atoms with van der Waals surface area (Å²) < 4.78 is 7.73. The van der Waals surface area contributed by atoms with Crippen LogP contribution in [0.4, 0.5) is 0 Å². The van der Waals surface area contributed by atoms with Crippen molar-refractivity contribution in [1.82, 2.24) is 24.5 Å². The minimum absolute atomic E-state index is 0.0367. The molecular weight excluding hydrogens is 542 g/mol. The van der Waals surface area contributed by atoms with Gasteiger partial charge in [0.05, 0.1) is 17.9 Å². The molecule has 10 heteroatoms. The standard InChI is InChI=1S/C31H46ClN5O4/c1-21(2)18-24-20-26(36(7)33-24)30(39)37-15-9-8-14-34(5)31(40)28(22(3)4)35(6)29(38)25-19-23(32)12-13-27(25)41-17-11-10-16-37/h12-13,19-22,28H,8-11,14-18H2,1-7H3/t28-/m0/s1. The fourth-order valence-corrected chi connectivity index (χ4v) is 5.48. The Morgan fingerprint density at radius 1 is 1.00 bits per heavy atom. The van der Waals surface area contributed by atoms with E-state index in [-0.39, 0.29) is 23.6 Å². The third kappa shape index (κ3) is 8.47. The van der Waals surface area contributed by atoms with Crippen molar-refractivity contribution in [3.8, 4) is 5.75 Å². The molecule has 0 aliphatic carbocycles. The van der Waals surface area contributed by atoms with Gasteiger partial charge in [0, 0.05) is 45.8 Å². The summed E-state index contributed by atoms with van der Waals surface area (Å²) in [6, 6.07) is 6.25. The summed E-state index contributed by atoms with van der Waals surface area (Å²) in [5, 5.41) is 4.99. The Kier molecular flexibility index (Phi) is 11.6. The number of fused-ring (bicyclic) bond motifs is 1. The highest BCUT2D eigenvalue weighted by Crippen LogP contribution is 2.26. The summed E-state index contributed by atoms with van der Waals surface area (Å²) in [5.41, 5.74) is 1.83. The number of carbonyl (C=O) groups is 3. The molecule has 3 amide bonds. The van der Waals surface area contributed by atoms with Gasteiger partial charge in [-0.25, -0.2) is 0 Å². The van der Waals surface area contributed by atoms with E-state index in [1.165, 1.54) is 4.90 Å². The molecule has 226 valence electrons. The van der Waals surface area contributed by atoms with Crippen LogP contribution in [-0.2, 0) is 18.3 Å². The molecule has 3 rings (SSSR count). The second kappa shape index (κ2) is 14.7. The zero-order chi connectivity index (χ0) is 30.3. The zero-order valence-corrected chi connectivity index (χ0v) is 26.4. The number of hydrogen-bond acceptors (Lipinski definition) is 5. The molecule has 41 heavy (non-hydrogen) atoms. The largest absolute Gasteiger partial charge is 0.493 e. The molecule has 0 fully saturated rings. The average Bonchev–Trinajstić information content (AvgIpc) is 3.27. The van der Waals surface area contributed by atoms with E-state index in [0.717, 1.165) is 31.4 Å². The first kappa shape index (κ1) is 32.4. The summed E-state index contributed by atoms with van der Waals surface area (Å²) in [6.45, 7) is 10.2. The molecule has 1 atom stereocenters. The topological polar surface area (TPSA) is 88.0 Å². The molecule has 0 bridgehead atoms. The minimum Gasteiger partial charge on any atom is -0.493 e. The Morgan fingerprint density at radius 2 is 1.66 bits per heavy atom. The van der Waals surface area contributed by atoms with Crippen molar-refractivity contribution in [3.05, 3.63) is 46.2 Å². The zero-order valence-electron chi connectivity index (χ0n) is 25.7. The van der Waals surface area contributed by atoms with Crippen molar-refractivity contribution < 1.29 is 19.1 Å². The molecule has 9 nitrogen and oxygen atoms in total. The predicted octanol–water partition coefficient (Wildman–Crippen LogP) is 4.92. The number of carbonyl (C=O) groups excluding carboxylic acids is 3. The Balaban J connectivity index is 1.85. The van der Waals surface area contributed by atoms with Crippen LogP contribution in [0.2, 0.25) is 5.02 Å². The van der Waals surface area contributed by atoms with Gasteiger partial charge in [0.1, 0.15) is 17.5 Å². The van der Waals surface area contributed by atoms with Gasteiger partial charge in [0.15, 0.2) is 0 Å². The van der Waals surface area contributed by atoms with Crippen molar-refractivity contribution in [2.24, 2.45) is 18.9 Å². The van der Waals surface area contributed by atoms with E-state index in [9.17, 15) is 14.4 Å². The number of benzene rings is 1. The maximum Gasteiger partial charge on any atom is 0.272 e. The number of rotatable bonds is 4. The normalized spacial score (nSPS) is 18.5. The highest BCUT2D eigenvalue weighted by molar-refractivity contribution is 6.31. The molecule has 1 aromatic heterocycles. The van der Waals surface area contributed by atoms with Gasteiger partial charge >= 0.3 is 0 Å². The van der Waals surface area contributed by atoms with Gasteiger partial charge in [0.2, 0.25) is 5.91 Å². The summed E-state index contributed by atoms with van der Waals surface area (Å²) in [4.78, 5) is 45.9. The van der Waals surface area contributed by atoms with Gasteiger partial charge in [-0.2, -0.15) is 5.10 Å². The van der Waals surface area contributed by atoms with Gasteiger partial charge in [0.25, 0.3) is 11.8 Å². The van der Waals surface area contributed by atoms with Crippen LogP contribution in [0.1, 0.15) is 79.9 Å². The van der Waals surface area contributed by atoms with Crippen LogP contribution in [0.15, 0.2) is 24.3 Å². The Bertz CT molecular complexity index is 1210. The molecule has 0 saturated heterocycles. The smallest absolute Gasteiger partial charge is 0.272 e. The lowest BCUT2D eigenvalue weighted by molar-refractivity contribution is -0.136. The number of likely N-dealkylation sites (N-methyl/N-ethyl adjacent to an activating group) is 2. The fourth-order valence-electron chi connectivity index (χ4n) is 5.31. The van der Waals surface area contributed by atoms with Crippen LogP contribution in [0, 0.1) is 11.8 Å². The molecule has 0 saturated carbocycles. The summed E-state index contributed by atoms with van der Waals surface area (Å²) in [7, 11) is 5.25. The first-order chi connectivity index (χ1) is 19.4. The van der Waals surface area contributed by atoms with Crippen molar-refractivity contribution in [2.45, 2.75) is 65.8 Å². The monoisotopic (exact) mass is 587 g/mol. The number of nitrogens with zero attached hydrogens (tertiary/aromatic N) is 5. The third-order valence-corrected chi connectivity index (χ3v) is 7.71. The lowest BCUT2D eigenvalue weighted by atomic mass is 10.00. The van der Waals surface area contributed by atoms with E-state index in [4.69, 9.17) is 16.3 Å². The first-order valence-corrected chi connectivity index (χ1v) is 15.0. The number of ether oxygens (including phenoxy) is 1. The van der Waals surface area contributed by atoms with Crippen LogP contribution in [0.5, 0.6) is 5.75 Å². The number of amides is 3. The number of aryl methyl sites for hydroxylation is 1. The molecule has 2 heterocycles. The van der Waals surface area contributed by atoms with Crippen LogP contribution >= 0.6 is 11.6 Å². The van der Waals surface area contributed by atoms with Crippen molar-refractivity contribution in [2.75, 3.05) is 40.3 Å². The lowest BCUT2D eigenvalue weighted by Gasteiger charge is -2.33. The predicted molar refractivity (Wildman–Crippen MR) is 161 cm³/mol. The van der Waals surface area contributed by atoms with Crippen LogP contribution in [0.3, 0.4) is 0 Å². The summed E-state index contributed by atoms with van der Waals surface area (Å²) in [5.74, 6) is 0.315. The lowest BCUT2D eigenvalue weighted by Crippen LogP contribution is -2.51. The Morgan fingerprint density at radius 3 is 2.32 bits per heavy atom. The molecule has 0 spiro atoms. The third-order valence-electron chi connectivity index (χ3n) is 7.48. The van der Waals surface area contributed by atoms with E-state index >= 15 is 0 Å². The van der Waals surface area contributed by atoms with Crippen LogP contribution in [-0.4, -0.2) is 88.6 Å². The Hall–Kier alpha value is -3.07. The second-order valence-corrected chi connectivity index (χ2v) is 12.2. The molecule has 2 aromatic rings. The number of hydrogen-bond donors (Lipinski definition) is 0. The molecule has 1 aromatic carbocycles. The van der Waals surface area contributed by atoms with E-state index in [2.05, 4.69) is 18.9 Å². The maximum atomic E-state index is 13.6. The van der Waals surface area contributed by atoms with Crippen molar-refractivity contribution in [1.29, 1.82) is 0 Å². The van der Waals surface area contributed by atoms with Gasteiger partial charge in [-0.05, 0) is 68.2 Å². The van der Waals surface area contributed by atoms with E-state index in [0.29, 0.717) is 60.6 Å². The molecule has 0 radical (unpaired) electrons. The highest BCUT2D eigenvalue weighted by Gasteiger charge is 2.33. The molecule has 1 aliphatic rings. The molecule has 1 aliphatic heterocycles. The van der Waals surface area contributed by atoms with Gasteiger partial charge in [-0.1, -0.05) is 39.3 Å². The summed E-state index contributed by atoms with van der Waals surface area (Å²) in [6.07, 6.45) is 3.75. The molecule has 0 unspecified atom stereocenters. The van der Waals surface area contributed by atoms with Gasteiger partial charge < -0.3 is 19.4 Å². The maximum absolute atomic E-state index is 13.6. The van der Waals surface area contributed by atoms with Gasteiger partial charge in [-0.15, -0.1) is 0 Å².